The van der Waals surface area contributed by atoms with Gasteiger partial charge in [0.1, 0.15) is 5.82 Å². The molecular formula is C11H13ClFNO. The molecule has 1 unspecified atom stereocenters. The number of nitrogens with one attached hydrogen (secondary N) is 1. The van der Waals surface area contributed by atoms with Crippen LogP contribution >= 0.6 is 11.6 Å². The zero-order chi connectivity index (χ0) is 10.9. The Hall–Kier alpha value is -0.640. The summed E-state index contributed by atoms with van der Waals surface area (Å²) < 4.78 is 13.5. The Kier molecular flexibility index (Phi) is 2.96. The van der Waals surface area contributed by atoms with Crippen LogP contribution in [0.5, 0.6) is 0 Å². The van der Waals surface area contributed by atoms with Gasteiger partial charge in [0.15, 0.2) is 0 Å². The Balaban J connectivity index is 2.23. The third kappa shape index (κ3) is 2.30. The number of aliphatic hydroxyl groups is 1. The predicted molar refractivity (Wildman–Crippen MR) is 57.6 cm³/mol. The maximum atomic E-state index is 13.5. The number of rotatable bonds is 2. The standard InChI is InChI=1S/C11H13ClFNO/c12-9-2-1-3-10(13)8(9)6-11(15)4-5-14-7-11/h1-3,14-15H,4-7H2. The first-order chi connectivity index (χ1) is 7.11. The Morgan fingerprint density at radius 3 is 2.93 bits per heavy atom. The average Bonchev–Trinajstić information content (AvgIpc) is 2.60. The minimum absolute atomic E-state index is 0.269. The summed E-state index contributed by atoms with van der Waals surface area (Å²) in [4.78, 5) is 0. The molecule has 1 atom stereocenters. The number of hydrogen-bond acceptors (Lipinski definition) is 2. The van der Waals surface area contributed by atoms with Crippen molar-refractivity contribution in [3.05, 3.63) is 34.6 Å². The van der Waals surface area contributed by atoms with Crippen LogP contribution in [0.25, 0.3) is 0 Å². The average molecular weight is 230 g/mol. The zero-order valence-corrected chi connectivity index (χ0v) is 9.02. The first kappa shape index (κ1) is 10.9. The van der Waals surface area contributed by atoms with Crippen molar-refractivity contribution in [2.45, 2.75) is 18.4 Å². The van der Waals surface area contributed by atoms with Gasteiger partial charge in [-0.3, -0.25) is 0 Å². The van der Waals surface area contributed by atoms with Crippen molar-refractivity contribution in [2.24, 2.45) is 0 Å². The van der Waals surface area contributed by atoms with Gasteiger partial charge in [-0.05, 0) is 25.1 Å². The molecule has 0 aromatic heterocycles. The zero-order valence-electron chi connectivity index (χ0n) is 8.26. The molecule has 2 N–H and O–H groups in total. The van der Waals surface area contributed by atoms with Gasteiger partial charge in [0.25, 0.3) is 0 Å². The Morgan fingerprint density at radius 2 is 2.33 bits per heavy atom. The van der Waals surface area contributed by atoms with E-state index in [0.29, 0.717) is 23.6 Å². The van der Waals surface area contributed by atoms with Crippen molar-refractivity contribution < 1.29 is 9.50 Å². The molecule has 0 radical (unpaired) electrons. The van der Waals surface area contributed by atoms with Crippen molar-refractivity contribution in [3.8, 4) is 0 Å². The molecule has 1 heterocycles. The van der Waals surface area contributed by atoms with Crippen LogP contribution in [0.15, 0.2) is 18.2 Å². The lowest BCUT2D eigenvalue weighted by molar-refractivity contribution is 0.0610. The van der Waals surface area contributed by atoms with E-state index in [2.05, 4.69) is 5.32 Å². The van der Waals surface area contributed by atoms with Crippen molar-refractivity contribution in [1.29, 1.82) is 0 Å². The number of halogens is 2. The molecule has 0 amide bonds. The predicted octanol–water partition coefficient (Wildman–Crippen LogP) is 1.75. The van der Waals surface area contributed by atoms with E-state index in [0.717, 1.165) is 6.54 Å². The van der Waals surface area contributed by atoms with Gasteiger partial charge in [-0.25, -0.2) is 4.39 Å². The molecule has 1 aliphatic rings. The molecule has 1 aromatic rings. The van der Waals surface area contributed by atoms with Crippen molar-refractivity contribution in [3.63, 3.8) is 0 Å². The van der Waals surface area contributed by atoms with Crippen LogP contribution < -0.4 is 5.32 Å². The van der Waals surface area contributed by atoms with E-state index in [4.69, 9.17) is 11.6 Å². The van der Waals surface area contributed by atoms with E-state index < -0.39 is 5.60 Å². The summed E-state index contributed by atoms with van der Waals surface area (Å²) in [5, 5.41) is 13.5. The van der Waals surface area contributed by atoms with Crippen molar-refractivity contribution >= 4 is 11.6 Å². The van der Waals surface area contributed by atoms with E-state index in [-0.39, 0.29) is 12.2 Å². The normalized spacial score (nSPS) is 25.8. The van der Waals surface area contributed by atoms with Gasteiger partial charge in [0, 0.05) is 23.6 Å². The third-order valence-electron chi connectivity index (χ3n) is 2.79. The van der Waals surface area contributed by atoms with Crippen LogP contribution in [0.1, 0.15) is 12.0 Å². The minimum atomic E-state index is -0.855. The van der Waals surface area contributed by atoms with E-state index in [1.807, 2.05) is 0 Å². The van der Waals surface area contributed by atoms with Gasteiger partial charge in [-0.15, -0.1) is 0 Å². The van der Waals surface area contributed by atoms with Gasteiger partial charge in [-0.1, -0.05) is 17.7 Å². The van der Waals surface area contributed by atoms with Gasteiger partial charge in [0.05, 0.1) is 5.60 Å². The summed E-state index contributed by atoms with van der Waals surface area (Å²) in [5.74, 6) is -0.345. The molecule has 0 bridgehead atoms. The highest BCUT2D eigenvalue weighted by Gasteiger charge is 2.32. The molecule has 2 nitrogen and oxygen atoms in total. The molecule has 0 aliphatic carbocycles. The largest absolute Gasteiger partial charge is 0.388 e. The first-order valence-corrected chi connectivity index (χ1v) is 5.34. The summed E-state index contributed by atoms with van der Waals surface area (Å²) in [7, 11) is 0. The van der Waals surface area contributed by atoms with Crippen molar-refractivity contribution in [1.82, 2.24) is 5.32 Å². The van der Waals surface area contributed by atoms with Gasteiger partial charge in [0.2, 0.25) is 0 Å². The second kappa shape index (κ2) is 4.08. The summed E-state index contributed by atoms with van der Waals surface area (Å²) in [5.41, 5.74) is -0.448. The summed E-state index contributed by atoms with van der Waals surface area (Å²) in [6, 6.07) is 4.58. The van der Waals surface area contributed by atoms with Gasteiger partial charge < -0.3 is 10.4 Å². The Morgan fingerprint density at radius 1 is 1.53 bits per heavy atom. The summed E-state index contributed by atoms with van der Waals surface area (Å²) >= 11 is 5.90. The molecule has 1 aromatic carbocycles. The van der Waals surface area contributed by atoms with Crippen LogP contribution in [0.3, 0.4) is 0 Å². The van der Waals surface area contributed by atoms with Crippen LogP contribution in [-0.2, 0) is 6.42 Å². The van der Waals surface area contributed by atoms with Crippen LogP contribution in [0.2, 0.25) is 5.02 Å². The van der Waals surface area contributed by atoms with E-state index in [1.54, 1.807) is 12.1 Å². The lowest BCUT2D eigenvalue weighted by atomic mass is 9.93. The molecular weight excluding hydrogens is 217 g/mol. The number of β-amino-alcohol motifs (C(OH)–C–C–N with tert-alkyl or cyclic N) is 1. The number of benzene rings is 1. The minimum Gasteiger partial charge on any atom is -0.388 e. The molecule has 82 valence electrons. The quantitative estimate of drug-likeness (QED) is 0.810. The smallest absolute Gasteiger partial charge is 0.127 e. The molecule has 1 saturated heterocycles. The fourth-order valence-corrected chi connectivity index (χ4v) is 2.14. The Bertz CT molecular complexity index is 343. The third-order valence-corrected chi connectivity index (χ3v) is 3.14. The molecule has 0 spiro atoms. The van der Waals surface area contributed by atoms with E-state index in [9.17, 15) is 9.50 Å². The van der Waals surface area contributed by atoms with Crippen LogP contribution in [0, 0.1) is 5.82 Å². The summed E-state index contributed by atoms with van der Waals surface area (Å²) in [6.45, 7) is 1.26. The first-order valence-electron chi connectivity index (χ1n) is 4.97. The highest BCUT2D eigenvalue weighted by Crippen LogP contribution is 2.26. The second-order valence-corrected chi connectivity index (χ2v) is 4.44. The Labute approximate surface area is 93.1 Å². The second-order valence-electron chi connectivity index (χ2n) is 4.03. The summed E-state index contributed by atoms with van der Waals surface area (Å²) in [6.07, 6.45) is 0.906. The van der Waals surface area contributed by atoms with E-state index >= 15 is 0 Å². The van der Waals surface area contributed by atoms with E-state index in [1.165, 1.54) is 6.07 Å². The van der Waals surface area contributed by atoms with Gasteiger partial charge >= 0.3 is 0 Å². The molecule has 1 fully saturated rings. The maximum Gasteiger partial charge on any atom is 0.127 e. The van der Waals surface area contributed by atoms with Gasteiger partial charge in [-0.2, -0.15) is 0 Å². The lowest BCUT2D eigenvalue weighted by Crippen LogP contribution is -2.34. The lowest BCUT2D eigenvalue weighted by Gasteiger charge is -2.22. The highest BCUT2D eigenvalue weighted by molar-refractivity contribution is 6.31. The molecule has 4 heteroatoms. The molecule has 1 aliphatic heterocycles. The monoisotopic (exact) mass is 229 g/mol. The van der Waals surface area contributed by atoms with Crippen molar-refractivity contribution in [2.75, 3.05) is 13.1 Å². The fourth-order valence-electron chi connectivity index (χ4n) is 1.91. The topological polar surface area (TPSA) is 32.3 Å². The number of hydrogen-bond donors (Lipinski definition) is 2. The van der Waals surface area contributed by atoms with Crippen LogP contribution in [0.4, 0.5) is 4.39 Å². The fraction of sp³-hybridized carbons (Fsp3) is 0.455. The highest BCUT2D eigenvalue weighted by atomic mass is 35.5. The molecule has 0 saturated carbocycles. The SMILES string of the molecule is OC1(Cc2c(F)cccc2Cl)CCNC1. The van der Waals surface area contributed by atoms with Crippen LogP contribution in [-0.4, -0.2) is 23.8 Å². The maximum absolute atomic E-state index is 13.5. The molecule has 15 heavy (non-hydrogen) atoms. The molecule has 2 rings (SSSR count).